The molecule has 0 fully saturated rings. The molecule has 0 bridgehead atoms. The van der Waals surface area contributed by atoms with Crippen LogP contribution in [0.2, 0.25) is 0 Å². The molecule has 3 nitrogen and oxygen atoms in total. The highest BCUT2D eigenvalue weighted by Gasteiger charge is 2.12. The van der Waals surface area contributed by atoms with Gasteiger partial charge in [-0.2, -0.15) is 0 Å². The Morgan fingerprint density at radius 2 is 2.06 bits per heavy atom. The van der Waals surface area contributed by atoms with Gasteiger partial charge < -0.3 is 9.47 Å². The molecule has 0 aliphatic rings. The number of carbonyl (C=O) groups excluding carboxylic acids is 1. The molecule has 1 aromatic rings. The minimum Gasteiger partial charge on any atom is -0.497 e. The molecule has 0 N–H and O–H groups in total. The quantitative estimate of drug-likeness (QED) is 0.562. The first kappa shape index (κ1) is 13.6. The van der Waals surface area contributed by atoms with Crippen molar-refractivity contribution in [2.75, 3.05) is 13.7 Å². The van der Waals surface area contributed by atoms with E-state index >= 15 is 0 Å². The average molecular weight is 236 g/mol. The molecule has 0 aliphatic carbocycles. The van der Waals surface area contributed by atoms with Crippen LogP contribution in [0.1, 0.15) is 42.6 Å². The third-order valence-corrected chi connectivity index (χ3v) is 2.64. The van der Waals surface area contributed by atoms with Crippen LogP contribution in [-0.4, -0.2) is 19.7 Å². The van der Waals surface area contributed by atoms with E-state index in [0.29, 0.717) is 12.2 Å². The summed E-state index contributed by atoms with van der Waals surface area (Å²) in [4.78, 5) is 11.8. The molecular weight excluding hydrogens is 216 g/mol. The topological polar surface area (TPSA) is 35.5 Å². The van der Waals surface area contributed by atoms with E-state index in [2.05, 4.69) is 6.92 Å². The molecule has 94 valence electrons. The minimum absolute atomic E-state index is 0.238. The van der Waals surface area contributed by atoms with E-state index in [1.807, 2.05) is 13.0 Å². The Labute approximate surface area is 103 Å². The lowest BCUT2D eigenvalue weighted by Crippen LogP contribution is -2.09. The Hall–Kier alpha value is -1.51. The lowest BCUT2D eigenvalue weighted by atomic mass is 10.1. The van der Waals surface area contributed by atoms with Crippen LogP contribution in [0, 0.1) is 0 Å². The molecule has 0 heterocycles. The molecule has 1 aromatic carbocycles. The van der Waals surface area contributed by atoms with E-state index in [1.165, 1.54) is 0 Å². The lowest BCUT2D eigenvalue weighted by molar-refractivity contribution is 0.0498. The smallest absolute Gasteiger partial charge is 0.338 e. The van der Waals surface area contributed by atoms with Gasteiger partial charge in [0.15, 0.2) is 0 Å². The summed E-state index contributed by atoms with van der Waals surface area (Å²) in [6.45, 7) is 4.57. The van der Waals surface area contributed by atoms with Gasteiger partial charge in [-0.1, -0.05) is 20.3 Å². The molecule has 0 atom stereocenters. The van der Waals surface area contributed by atoms with E-state index in [-0.39, 0.29) is 5.97 Å². The molecule has 0 saturated heterocycles. The van der Waals surface area contributed by atoms with Gasteiger partial charge in [-0.05, 0) is 36.6 Å². The van der Waals surface area contributed by atoms with Gasteiger partial charge in [0.2, 0.25) is 0 Å². The number of hydrogen-bond acceptors (Lipinski definition) is 3. The van der Waals surface area contributed by atoms with E-state index in [9.17, 15) is 4.79 Å². The van der Waals surface area contributed by atoms with Crippen molar-refractivity contribution in [3.05, 3.63) is 29.3 Å². The zero-order valence-electron chi connectivity index (χ0n) is 10.8. The fraction of sp³-hybridized carbons (Fsp3) is 0.500. The number of ether oxygens (including phenoxy) is 2. The number of hydrogen-bond donors (Lipinski definition) is 0. The summed E-state index contributed by atoms with van der Waals surface area (Å²) in [7, 11) is 1.62. The van der Waals surface area contributed by atoms with Crippen LogP contribution < -0.4 is 4.74 Å². The third kappa shape index (κ3) is 3.77. The lowest BCUT2D eigenvalue weighted by Gasteiger charge is -2.09. The zero-order chi connectivity index (χ0) is 12.7. The maximum absolute atomic E-state index is 11.8. The maximum atomic E-state index is 11.8. The maximum Gasteiger partial charge on any atom is 0.338 e. The highest BCUT2D eigenvalue weighted by Crippen LogP contribution is 2.19. The van der Waals surface area contributed by atoms with Gasteiger partial charge in [-0.15, -0.1) is 0 Å². The van der Waals surface area contributed by atoms with Gasteiger partial charge in [-0.3, -0.25) is 0 Å². The first-order valence-electron chi connectivity index (χ1n) is 6.07. The molecular formula is C14H20O3. The van der Waals surface area contributed by atoms with Crippen molar-refractivity contribution in [2.24, 2.45) is 0 Å². The van der Waals surface area contributed by atoms with E-state index in [1.54, 1.807) is 19.2 Å². The van der Waals surface area contributed by atoms with Crippen molar-refractivity contribution in [2.45, 2.75) is 33.1 Å². The normalized spacial score (nSPS) is 10.1. The third-order valence-electron chi connectivity index (χ3n) is 2.64. The van der Waals surface area contributed by atoms with Crippen LogP contribution >= 0.6 is 0 Å². The standard InChI is InChI=1S/C14H20O3/c1-4-6-9-17-14(15)13-8-7-12(16-3)10-11(13)5-2/h7-8,10H,4-6,9H2,1-3H3. The van der Waals surface area contributed by atoms with Gasteiger partial charge in [0.1, 0.15) is 5.75 Å². The summed E-state index contributed by atoms with van der Waals surface area (Å²) in [5.74, 6) is 0.532. The molecule has 0 saturated carbocycles. The zero-order valence-corrected chi connectivity index (χ0v) is 10.8. The summed E-state index contributed by atoms with van der Waals surface area (Å²) in [6.07, 6.45) is 2.72. The number of aryl methyl sites for hydroxylation is 1. The van der Waals surface area contributed by atoms with Crippen molar-refractivity contribution in [1.82, 2.24) is 0 Å². The van der Waals surface area contributed by atoms with E-state index in [4.69, 9.17) is 9.47 Å². The largest absolute Gasteiger partial charge is 0.497 e. The van der Waals surface area contributed by atoms with Crippen LogP contribution in [0.3, 0.4) is 0 Å². The minimum atomic E-state index is -0.238. The summed E-state index contributed by atoms with van der Waals surface area (Å²) in [5.41, 5.74) is 1.61. The highest BCUT2D eigenvalue weighted by molar-refractivity contribution is 5.91. The molecule has 0 radical (unpaired) electrons. The monoisotopic (exact) mass is 236 g/mol. The van der Waals surface area contributed by atoms with Crippen molar-refractivity contribution < 1.29 is 14.3 Å². The summed E-state index contributed by atoms with van der Waals surface area (Å²) >= 11 is 0. The Balaban J connectivity index is 2.78. The van der Waals surface area contributed by atoms with E-state index < -0.39 is 0 Å². The van der Waals surface area contributed by atoms with Crippen molar-refractivity contribution in [1.29, 1.82) is 0 Å². The van der Waals surface area contributed by atoms with Gasteiger partial charge in [0, 0.05) is 0 Å². The second kappa shape index (κ2) is 6.94. The van der Waals surface area contributed by atoms with Gasteiger partial charge in [-0.25, -0.2) is 4.79 Å². The van der Waals surface area contributed by atoms with Gasteiger partial charge in [0.05, 0.1) is 19.3 Å². The van der Waals surface area contributed by atoms with Crippen LogP contribution in [-0.2, 0) is 11.2 Å². The second-order valence-corrected chi connectivity index (χ2v) is 3.87. The fourth-order valence-electron chi connectivity index (χ4n) is 1.58. The van der Waals surface area contributed by atoms with Crippen molar-refractivity contribution >= 4 is 5.97 Å². The molecule has 0 spiro atoms. The second-order valence-electron chi connectivity index (χ2n) is 3.87. The molecule has 0 aromatic heterocycles. The number of carbonyl (C=O) groups is 1. The number of unbranched alkanes of at least 4 members (excludes halogenated alkanes) is 1. The summed E-state index contributed by atoms with van der Waals surface area (Å²) < 4.78 is 10.3. The number of benzene rings is 1. The van der Waals surface area contributed by atoms with Gasteiger partial charge >= 0.3 is 5.97 Å². The Bertz CT molecular complexity index is 372. The molecule has 17 heavy (non-hydrogen) atoms. The number of methoxy groups -OCH3 is 1. The van der Waals surface area contributed by atoms with Crippen LogP contribution in [0.25, 0.3) is 0 Å². The van der Waals surface area contributed by atoms with Gasteiger partial charge in [0.25, 0.3) is 0 Å². The van der Waals surface area contributed by atoms with Crippen molar-refractivity contribution in [3.8, 4) is 5.75 Å². The fourth-order valence-corrected chi connectivity index (χ4v) is 1.58. The molecule has 0 unspecified atom stereocenters. The van der Waals surface area contributed by atoms with Crippen LogP contribution in [0.5, 0.6) is 5.75 Å². The summed E-state index contributed by atoms with van der Waals surface area (Å²) in [5, 5.41) is 0. The molecule has 0 aliphatic heterocycles. The molecule has 0 amide bonds. The number of esters is 1. The first-order valence-corrected chi connectivity index (χ1v) is 6.07. The highest BCUT2D eigenvalue weighted by atomic mass is 16.5. The summed E-state index contributed by atoms with van der Waals surface area (Å²) in [6, 6.07) is 5.44. The predicted molar refractivity (Wildman–Crippen MR) is 67.6 cm³/mol. The van der Waals surface area contributed by atoms with Crippen LogP contribution in [0.15, 0.2) is 18.2 Å². The SMILES string of the molecule is CCCCOC(=O)c1ccc(OC)cc1CC. The van der Waals surface area contributed by atoms with Crippen molar-refractivity contribution in [3.63, 3.8) is 0 Å². The number of rotatable bonds is 6. The Kier molecular flexibility index (Phi) is 5.53. The Morgan fingerprint density at radius 3 is 2.65 bits per heavy atom. The van der Waals surface area contributed by atoms with E-state index in [0.717, 1.165) is 30.6 Å². The Morgan fingerprint density at radius 1 is 1.29 bits per heavy atom. The molecule has 3 heteroatoms. The molecule has 1 rings (SSSR count). The van der Waals surface area contributed by atoms with Crippen LogP contribution in [0.4, 0.5) is 0 Å². The predicted octanol–water partition coefficient (Wildman–Crippen LogP) is 3.21. The first-order chi connectivity index (χ1) is 8.22. The average Bonchev–Trinajstić information content (AvgIpc) is 2.38.